The molecule has 2 N–H and O–H groups in total. The highest BCUT2D eigenvalue weighted by molar-refractivity contribution is 6.31. The zero-order chi connectivity index (χ0) is 23.3. The van der Waals surface area contributed by atoms with Crippen LogP contribution in [0, 0.1) is 0 Å². The van der Waals surface area contributed by atoms with Gasteiger partial charge in [0.15, 0.2) is 0 Å². The fourth-order valence-electron chi connectivity index (χ4n) is 3.52. The Morgan fingerprint density at radius 1 is 1.03 bits per heavy atom. The predicted molar refractivity (Wildman–Crippen MR) is 116 cm³/mol. The number of anilines is 1. The zero-order valence-corrected chi connectivity index (χ0v) is 18.2. The number of halogens is 4. The molecule has 0 aliphatic carbocycles. The van der Waals surface area contributed by atoms with Gasteiger partial charge in [-0.1, -0.05) is 41.9 Å². The molecule has 1 heterocycles. The van der Waals surface area contributed by atoms with Crippen molar-refractivity contribution in [1.82, 2.24) is 15.1 Å². The minimum absolute atomic E-state index is 0.0579. The van der Waals surface area contributed by atoms with E-state index in [4.69, 9.17) is 11.6 Å². The lowest BCUT2D eigenvalue weighted by Crippen LogP contribution is -2.53. The standard InChI is InChI=1S/C22H24ClF3N4O2/c1-15(16-6-2-4-8-18(16)23)27-21(32)30-12-10-29(11-13-30)14-20(31)28-19-9-5-3-7-17(19)22(24,25)26/h2-9,15H,10-14H2,1H3,(H,27,32)(H,28,31)/t15-/m1/s1. The summed E-state index contributed by atoms with van der Waals surface area (Å²) in [7, 11) is 0. The van der Waals surface area contributed by atoms with E-state index in [2.05, 4.69) is 10.6 Å². The molecule has 1 saturated heterocycles. The number of piperazine rings is 1. The molecule has 0 bridgehead atoms. The maximum atomic E-state index is 13.1. The molecule has 2 aromatic carbocycles. The largest absolute Gasteiger partial charge is 0.418 e. The molecule has 1 fully saturated rings. The molecule has 2 aromatic rings. The molecule has 0 spiro atoms. The third-order valence-electron chi connectivity index (χ3n) is 5.24. The monoisotopic (exact) mass is 468 g/mol. The lowest BCUT2D eigenvalue weighted by Gasteiger charge is -2.35. The lowest BCUT2D eigenvalue weighted by atomic mass is 10.1. The molecule has 32 heavy (non-hydrogen) atoms. The van der Waals surface area contributed by atoms with Gasteiger partial charge in [-0.2, -0.15) is 13.2 Å². The van der Waals surface area contributed by atoms with Crippen LogP contribution in [0.5, 0.6) is 0 Å². The van der Waals surface area contributed by atoms with Crippen LogP contribution in [-0.2, 0) is 11.0 Å². The lowest BCUT2D eigenvalue weighted by molar-refractivity contribution is -0.137. The van der Waals surface area contributed by atoms with Gasteiger partial charge in [0.1, 0.15) is 0 Å². The Morgan fingerprint density at radius 2 is 1.66 bits per heavy atom. The van der Waals surface area contributed by atoms with Gasteiger partial charge in [-0.25, -0.2) is 4.79 Å². The summed E-state index contributed by atoms with van der Waals surface area (Å²) < 4.78 is 39.3. The number of benzene rings is 2. The molecular weight excluding hydrogens is 445 g/mol. The van der Waals surface area contributed by atoms with Crippen molar-refractivity contribution in [2.75, 3.05) is 38.0 Å². The Labute approximate surface area is 189 Å². The molecule has 3 amide bonds. The molecule has 172 valence electrons. The molecule has 0 aromatic heterocycles. The van der Waals surface area contributed by atoms with E-state index in [1.807, 2.05) is 25.1 Å². The molecule has 3 rings (SSSR count). The Morgan fingerprint density at radius 3 is 2.31 bits per heavy atom. The summed E-state index contributed by atoms with van der Waals surface area (Å²) in [4.78, 5) is 28.3. The fraction of sp³-hybridized carbons (Fsp3) is 0.364. The van der Waals surface area contributed by atoms with E-state index < -0.39 is 17.6 Å². The molecule has 1 atom stereocenters. The van der Waals surface area contributed by atoms with Gasteiger partial charge in [-0.3, -0.25) is 9.69 Å². The Balaban J connectivity index is 1.48. The highest BCUT2D eigenvalue weighted by Crippen LogP contribution is 2.34. The summed E-state index contributed by atoms with van der Waals surface area (Å²) in [5.41, 5.74) is -0.337. The van der Waals surface area contributed by atoms with Crippen LogP contribution in [0.3, 0.4) is 0 Å². The van der Waals surface area contributed by atoms with Crippen LogP contribution in [0.1, 0.15) is 24.1 Å². The highest BCUT2D eigenvalue weighted by Gasteiger charge is 2.33. The van der Waals surface area contributed by atoms with E-state index in [9.17, 15) is 22.8 Å². The van der Waals surface area contributed by atoms with Crippen molar-refractivity contribution in [2.24, 2.45) is 0 Å². The first-order chi connectivity index (χ1) is 15.1. The third kappa shape index (κ3) is 6.14. The van der Waals surface area contributed by atoms with Crippen LogP contribution >= 0.6 is 11.6 Å². The number of para-hydroxylation sites is 1. The van der Waals surface area contributed by atoms with E-state index in [-0.39, 0.29) is 24.3 Å². The molecule has 0 saturated carbocycles. The topological polar surface area (TPSA) is 64.7 Å². The maximum absolute atomic E-state index is 13.1. The average molecular weight is 469 g/mol. The van der Waals surface area contributed by atoms with E-state index >= 15 is 0 Å². The van der Waals surface area contributed by atoms with E-state index in [1.54, 1.807) is 15.9 Å². The first kappa shape index (κ1) is 23.9. The van der Waals surface area contributed by atoms with Gasteiger partial charge in [0.05, 0.1) is 23.8 Å². The van der Waals surface area contributed by atoms with E-state index in [1.165, 1.54) is 18.2 Å². The molecule has 10 heteroatoms. The summed E-state index contributed by atoms with van der Waals surface area (Å²) in [5.74, 6) is -0.535. The number of carbonyl (C=O) groups excluding carboxylic acids is 2. The number of carbonyl (C=O) groups is 2. The minimum Gasteiger partial charge on any atom is -0.331 e. The van der Waals surface area contributed by atoms with Crippen molar-refractivity contribution >= 4 is 29.2 Å². The van der Waals surface area contributed by atoms with Gasteiger partial charge in [0.2, 0.25) is 5.91 Å². The van der Waals surface area contributed by atoms with E-state index in [0.717, 1.165) is 11.6 Å². The number of nitrogens with one attached hydrogen (secondary N) is 2. The van der Waals surface area contributed by atoms with Crippen molar-refractivity contribution in [1.29, 1.82) is 0 Å². The van der Waals surface area contributed by atoms with Crippen LogP contribution in [-0.4, -0.2) is 54.5 Å². The third-order valence-corrected chi connectivity index (χ3v) is 5.59. The minimum atomic E-state index is -4.55. The maximum Gasteiger partial charge on any atom is 0.418 e. The van der Waals surface area contributed by atoms with Gasteiger partial charge < -0.3 is 15.5 Å². The second kappa shape index (κ2) is 10.2. The summed E-state index contributed by atoms with van der Waals surface area (Å²) in [6.07, 6.45) is -4.55. The number of hydrogen-bond donors (Lipinski definition) is 2. The average Bonchev–Trinajstić information content (AvgIpc) is 2.74. The van der Waals surface area contributed by atoms with Crippen LogP contribution < -0.4 is 10.6 Å². The number of hydrogen-bond acceptors (Lipinski definition) is 3. The summed E-state index contributed by atoms with van der Waals surface area (Å²) in [5, 5.41) is 5.83. The number of urea groups is 1. The summed E-state index contributed by atoms with van der Waals surface area (Å²) >= 11 is 6.18. The van der Waals surface area contributed by atoms with Gasteiger partial charge in [-0.15, -0.1) is 0 Å². The fourth-order valence-corrected chi connectivity index (χ4v) is 3.82. The normalized spacial score (nSPS) is 15.8. The van der Waals surface area contributed by atoms with Crippen molar-refractivity contribution < 1.29 is 22.8 Å². The Hall–Kier alpha value is -2.78. The Bertz CT molecular complexity index is 962. The first-order valence-corrected chi connectivity index (χ1v) is 10.5. The molecule has 1 aliphatic rings. The van der Waals surface area contributed by atoms with Gasteiger partial charge in [0.25, 0.3) is 0 Å². The molecule has 1 aliphatic heterocycles. The number of alkyl halides is 3. The molecule has 6 nitrogen and oxygen atoms in total. The molecule has 0 unspecified atom stereocenters. The second-order valence-electron chi connectivity index (χ2n) is 7.55. The van der Waals surface area contributed by atoms with Gasteiger partial charge in [0, 0.05) is 31.2 Å². The smallest absolute Gasteiger partial charge is 0.331 e. The van der Waals surface area contributed by atoms with Crippen molar-refractivity contribution in [3.63, 3.8) is 0 Å². The van der Waals surface area contributed by atoms with E-state index in [0.29, 0.717) is 31.2 Å². The molecular formula is C22H24ClF3N4O2. The quantitative estimate of drug-likeness (QED) is 0.684. The second-order valence-corrected chi connectivity index (χ2v) is 7.95. The number of nitrogens with zero attached hydrogens (tertiary/aromatic N) is 2. The predicted octanol–water partition coefficient (Wildman–Crippen LogP) is 4.39. The number of amides is 3. The van der Waals surface area contributed by atoms with Crippen LogP contribution in [0.2, 0.25) is 5.02 Å². The molecule has 0 radical (unpaired) electrons. The van der Waals surface area contributed by atoms with Crippen molar-refractivity contribution in [3.05, 3.63) is 64.7 Å². The van der Waals surface area contributed by atoms with Crippen LogP contribution in [0.25, 0.3) is 0 Å². The van der Waals surface area contributed by atoms with Gasteiger partial charge in [-0.05, 0) is 30.7 Å². The van der Waals surface area contributed by atoms with Crippen LogP contribution in [0.15, 0.2) is 48.5 Å². The van der Waals surface area contributed by atoms with Crippen LogP contribution in [0.4, 0.5) is 23.7 Å². The number of rotatable bonds is 5. The van der Waals surface area contributed by atoms with Crippen molar-refractivity contribution in [2.45, 2.75) is 19.1 Å². The SMILES string of the molecule is C[C@@H](NC(=O)N1CCN(CC(=O)Nc2ccccc2C(F)(F)F)CC1)c1ccccc1Cl. The summed E-state index contributed by atoms with van der Waals surface area (Å²) in [6.45, 7) is 3.45. The van der Waals surface area contributed by atoms with Gasteiger partial charge >= 0.3 is 12.2 Å². The summed E-state index contributed by atoms with van der Waals surface area (Å²) in [6, 6.07) is 11.6. The first-order valence-electron chi connectivity index (χ1n) is 10.1. The van der Waals surface area contributed by atoms with Crippen molar-refractivity contribution in [3.8, 4) is 0 Å². The zero-order valence-electron chi connectivity index (χ0n) is 17.5. The highest BCUT2D eigenvalue weighted by atomic mass is 35.5. The Kier molecular flexibility index (Phi) is 7.63.